The maximum atomic E-state index is 16.7. The van der Waals surface area contributed by atoms with Gasteiger partial charge in [0.25, 0.3) is 0 Å². The number of aryl methyl sites for hydroxylation is 1. The van der Waals surface area contributed by atoms with Gasteiger partial charge < -0.3 is 14.7 Å². The van der Waals surface area contributed by atoms with Crippen molar-refractivity contribution in [1.82, 2.24) is 19.9 Å². The van der Waals surface area contributed by atoms with Gasteiger partial charge in [-0.15, -0.1) is 0 Å². The van der Waals surface area contributed by atoms with Gasteiger partial charge in [0.1, 0.15) is 41.4 Å². The van der Waals surface area contributed by atoms with E-state index in [1.807, 2.05) is 6.92 Å². The van der Waals surface area contributed by atoms with Gasteiger partial charge in [0, 0.05) is 37.8 Å². The predicted octanol–water partition coefficient (Wildman–Crippen LogP) is 6.73. The molecule has 5 heterocycles. The highest BCUT2D eigenvalue weighted by atomic mass is 19.1. The van der Waals surface area contributed by atoms with Crippen LogP contribution in [0.3, 0.4) is 0 Å². The average Bonchev–Trinajstić information content (AvgIpc) is 3.37. The SMILES string of the molecule is CCc1c(F)ccc2cc(O)cc(-c3ncc4c(N5CCCCCC5)nc(OC[C@@]56CCCN5C[C@H](F)C6)nc4c3F)c12. The smallest absolute Gasteiger partial charge is 0.319 e. The van der Waals surface area contributed by atoms with Crippen LogP contribution in [0.25, 0.3) is 32.9 Å². The van der Waals surface area contributed by atoms with Crippen molar-refractivity contribution in [3.8, 4) is 23.0 Å². The van der Waals surface area contributed by atoms with E-state index in [1.54, 1.807) is 18.3 Å². The number of benzene rings is 2. The third-order valence-electron chi connectivity index (χ3n) is 9.54. The summed E-state index contributed by atoms with van der Waals surface area (Å²) >= 11 is 0. The van der Waals surface area contributed by atoms with Crippen molar-refractivity contribution in [3.63, 3.8) is 0 Å². The minimum absolute atomic E-state index is 0.0307. The molecule has 1 N–H and O–H groups in total. The number of pyridine rings is 1. The van der Waals surface area contributed by atoms with Crippen molar-refractivity contribution in [3.05, 3.63) is 47.7 Å². The zero-order valence-corrected chi connectivity index (χ0v) is 24.4. The molecule has 7 rings (SSSR count). The highest BCUT2D eigenvalue weighted by Crippen LogP contribution is 2.42. The summed E-state index contributed by atoms with van der Waals surface area (Å²) in [6.07, 6.45) is 7.50. The number of hydrogen-bond acceptors (Lipinski definition) is 7. The lowest BCUT2D eigenvalue weighted by atomic mass is 9.94. The first kappa shape index (κ1) is 28.1. The van der Waals surface area contributed by atoms with Gasteiger partial charge in [0.2, 0.25) is 0 Å². The van der Waals surface area contributed by atoms with Crippen molar-refractivity contribution in [2.24, 2.45) is 0 Å². The Labute approximate surface area is 248 Å². The number of fused-ring (bicyclic) bond motifs is 3. The summed E-state index contributed by atoms with van der Waals surface area (Å²) in [6, 6.07) is 5.95. The first-order valence-corrected chi connectivity index (χ1v) is 15.4. The fraction of sp³-hybridized carbons (Fsp3) is 0.485. The number of rotatable bonds is 6. The molecule has 0 amide bonds. The Balaban J connectivity index is 1.37. The fourth-order valence-corrected chi connectivity index (χ4v) is 7.48. The van der Waals surface area contributed by atoms with Gasteiger partial charge in [0.15, 0.2) is 5.82 Å². The van der Waals surface area contributed by atoms with E-state index in [2.05, 4.69) is 19.8 Å². The van der Waals surface area contributed by atoms with Crippen molar-refractivity contribution in [1.29, 1.82) is 0 Å². The quantitative estimate of drug-likeness (QED) is 0.267. The molecule has 2 aromatic heterocycles. The Morgan fingerprint density at radius 1 is 1.05 bits per heavy atom. The van der Waals surface area contributed by atoms with E-state index in [0.29, 0.717) is 52.5 Å². The van der Waals surface area contributed by atoms with E-state index in [4.69, 9.17) is 9.72 Å². The first-order chi connectivity index (χ1) is 20.9. The molecular formula is C33H36F3N5O2. The zero-order chi connectivity index (χ0) is 29.7. The van der Waals surface area contributed by atoms with Gasteiger partial charge in [-0.3, -0.25) is 9.88 Å². The molecule has 0 bridgehead atoms. The Kier molecular flexibility index (Phi) is 7.27. The highest BCUT2D eigenvalue weighted by Gasteiger charge is 2.49. The average molecular weight is 592 g/mol. The second-order valence-electron chi connectivity index (χ2n) is 12.2. The van der Waals surface area contributed by atoms with E-state index >= 15 is 4.39 Å². The van der Waals surface area contributed by atoms with E-state index in [1.165, 1.54) is 12.1 Å². The third-order valence-corrected chi connectivity index (χ3v) is 9.54. The summed E-state index contributed by atoms with van der Waals surface area (Å²) < 4.78 is 52.2. The molecule has 4 aromatic rings. The summed E-state index contributed by atoms with van der Waals surface area (Å²) in [5.74, 6) is -0.592. The van der Waals surface area contributed by atoms with Crippen LogP contribution in [-0.2, 0) is 6.42 Å². The van der Waals surface area contributed by atoms with Crippen LogP contribution in [0.5, 0.6) is 11.8 Å². The second kappa shape index (κ2) is 11.1. The fourth-order valence-electron chi connectivity index (χ4n) is 7.48. The van der Waals surface area contributed by atoms with Crippen molar-refractivity contribution >= 4 is 27.5 Å². The molecule has 3 saturated heterocycles. The molecule has 10 heteroatoms. The van der Waals surface area contributed by atoms with Gasteiger partial charge in [-0.1, -0.05) is 25.8 Å². The maximum absolute atomic E-state index is 16.7. The van der Waals surface area contributed by atoms with Crippen molar-refractivity contribution < 1.29 is 23.0 Å². The van der Waals surface area contributed by atoms with E-state index in [0.717, 1.165) is 58.2 Å². The topological polar surface area (TPSA) is 74.6 Å². The van der Waals surface area contributed by atoms with Gasteiger partial charge >= 0.3 is 6.01 Å². The minimum Gasteiger partial charge on any atom is -0.508 e. The summed E-state index contributed by atoms with van der Waals surface area (Å²) in [5.41, 5.74) is 0.341. The summed E-state index contributed by atoms with van der Waals surface area (Å²) in [6.45, 7) is 4.85. The van der Waals surface area contributed by atoms with Crippen LogP contribution in [0.15, 0.2) is 30.5 Å². The normalized spacial score (nSPS) is 22.8. The molecule has 2 aromatic carbocycles. The van der Waals surface area contributed by atoms with Crippen LogP contribution < -0.4 is 9.64 Å². The molecule has 3 aliphatic rings. The van der Waals surface area contributed by atoms with Crippen molar-refractivity contribution in [2.75, 3.05) is 37.7 Å². The number of nitrogens with zero attached hydrogens (tertiary/aromatic N) is 5. The number of ether oxygens (including phenoxy) is 1. The van der Waals surface area contributed by atoms with Gasteiger partial charge in [-0.2, -0.15) is 9.97 Å². The Bertz CT molecular complexity index is 1690. The number of halogens is 3. The summed E-state index contributed by atoms with van der Waals surface area (Å²) in [5, 5.41) is 12.1. The molecule has 3 aliphatic heterocycles. The zero-order valence-electron chi connectivity index (χ0n) is 24.4. The predicted molar refractivity (Wildman–Crippen MR) is 160 cm³/mol. The van der Waals surface area contributed by atoms with Crippen LogP contribution in [0.1, 0.15) is 57.4 Å². The van der Waals surface area contributed by atoms with E-state index in [9.17, 15) is 13.9 Å². The monoisotopic (exact) mass is 591 g/mol. The molecule has 2 atom stereocenters. The largest absolute Gasteiger partial charge is 0.508 e. The molecule has 0 saturated carbocycles. The third kappa shape index (κ3) is 4.93. The van der Waals surface area contributed by atoms with Crippen LogP contribution in [0.4, 0.5) is 19.0 Å². The van der Waals surface area contributed by atoms with Crippen LogP contribution >= 0.6 is 0 Å². The minimum atomic E-state index is -0.893. The molecule has 0 aliphatic carbocycles. The highest BCUT2D eigenvalue weighted by molar-refractivity contribution is 6.01. The first-order valence-electron chi connectivity index (χ1n) is 15.4. The van der Waals surface area contributed by atoms with E-state index in [-0.39, 0.29) is 29.6 Å². The second-order valence-corrected chi connectivity index (χ2v) is 12.2. The van der Waals surface area contributed by atoms with Crippen LogP contribution in [0.2, 0.25) is 0 Å². The molecule has 226 valence electrons. The summed E-state index contributed by atoms with van der Waals surface area (Å²) in [4.78, 5) is 18.2. The number of phenols is 1. The number of phenolic OH excluding ortho intramolecular Hbond substituents is 1. The van der Waals surface area contributed by atoms with Crippen LogP contribution in [-0.4, -0.2) is 69.5 Å². The standard InChI is InChI=1S/C33H36F3N5O2/c1-2-23-26(35)9-8-20-14-22(42)15-24(27(20)23)29-28(36)30-25(17-37-29)31(40-11-5-3-4-6-12-40)39-32(38-30)43-19-33-10-7-13-41(33)18-21(34)16-33/h8-9,14-15,17,21,42H,2-7,10-13,16,18-19H2,1H3/t21-,33+/m1/s1. The number of aromatic nitrogens is 3. The molecule has 7 nitrogen and oxygen atoms in total. The number of aromatic hydroxyl groups is 1. The van der Waals surface area contributed by atoms with Crippen molar-refractivity contribution in [2.45, 2.75) is 70.0 Å². The molecule has 0 unspecified atom stereocenters. The molecule has 3 fully saturated rings. The molecule has 0 spiro atoms. The van der Waals surface area contributed by atoms with Gasteiger partial charge in [0.05, 0.1) is 10.9 Å². The number of alkyl halides is 1. The number of anilines is 1. The van der Waals surface area contributed by atoms with E-state index < -0.39 is 23.3 Å². The number of hydrogen-bond donors (Lipinski definition) is 1. The Morgan fingerprint density at radius 3 is 2.65 bits per heavy atom. The van der Waals surface area contributed by atoms with Gasteiger partial charge in [-0.05, 0) is 73.2 Å². The lowest BCUT2D eigenvalue weighted by molar-refractivity contribution is 0.107. The Morgan fingerprint density at radius 2 is 1.86 bits per heavy atom. The lowest BCUT2D eigenvalue weighted by Crippen LogP contribution is -2.43. The van der Waals surface area contributed by atoms with Crippen LogP contribution in [0, 0.1) is 11.6 Å². The van der Waals surface area contributed by atoms with Gasteiger partial charge in [-0.25, -0.2) is 13.2 Å². The molecular weight excluding hydrogens is 555 g/mol. The summed E-state index contributed by atoms with van der Waals surface area (Å²) in [7, 11) is 0. The molecule has 0 radical (unpaired) electrons. The lowest BCUT2D eigenvalue weighted by Gasteiger charge is -2.31. The Hall–Kier alpha value is -3.66. The maximum Gasteiger partial charge on any atom is 0.319 e. The molecule has 43 heavy (non-hydrogen) atoms.